The van der Waals surface area contributed by atoms with E-state index in [0.29, 0.717) is 0 Å². The highest BCUT2D eigenvalue weighted by atomic mass is 32.4. The molecule has 1 atom stereocenters. The summed E-state index contributed by atoms with van der Waals surface area (Å²) in [5, 5.41) is 0. The quantitative estimate of drug-likeness (QED) is 0.578. The van der Waals surface area contributed by atoms with Crippen molar-refractivity contribution in [3.8, 4) is 0 Å². The molecule has 0 aromatic heterocycles. The molecule has 3 heteroatoms. The van der Waals surface area contributed by atoms with Gasteiger partial charge in [0.25, 0.3) is 0 Å². The standard InChI is InChI=1S/C7H18OSSi/c1-4-6-9-10(8-3)7-5-2/h10H,4-7H2,1-3H3. The molecule has 0 N–H and O–H groups in total. The van der Waals surface area contributed by atoms with Crippen LogP contribution in [0.25, 0.3) is 0 Å². The first-order chi connectivity index (χ1) is 4.85. The average molecular weight is 178 g/mol. The van der Waals surface area contributed by atoms with E-state index in [1.54, 1.807) is 0 Å². The molecular weight excluding hydrogens is 160 g/mol. The van der Waals surface area contributed by atoms with Crippen LogP contribution in [-0.4, -0.2) is 21.1 Å². The Bertz CT molecular complexity index is 70.6. The van der Waals surface area contributed by atoms with E-state index in [-0.39, 0.29) is 0 Å². The van der Waals surface area contributed by atoms with Gasteiger partial charge in [0.05, 0.1) is 0 Å². The Balaban J connectivity index is 3.21. The van der Waals surface area contributed by atoms with Crippen molar-refractivity contribution in [2.45, 2.75) is 32.7 Å². The van der Waals surface area contributed by atoms with Gasteiger partial charge in [0, 0.05) is 7.11 Å². The van der Waals surface area contributed by atoms with Gasteiger partial charge in [-0.2, -0.15) is 11.2 Å². The van der Waals surface area contributed by atoms with Gasteiger partial charge in [-0.15, -0.1) is 0 Å². The van der Waals surface area contributed by atoms with E-state index < -0.39 is 8.19 Å². The fourth-order valence-corrected chi connectivity index (χ4v) is 5.37. The largest absolute Gasteiger partial charge is 0.413 e. The minimum Gasteiger partial charge on any atom is -0.413 e. The maximum Gasteiger partial charge on any atom is 0.237 e. The van der Waals surface area contributed by atoms with E-state index in [1.165, 1.54) is 24.6 Å². The van der Waals surface area contributed by atoms with Gasteiger partial charge in [0.2, 0.25) is 8.19 Å². The third-order valence-corrected chi connectivity index (χ3v) is 6.99. The first-order valence-corrected chi connectivity index (χ1v) is 7.74. The van der Waals surface area contributed by atoms with Crippen LogP contribution in [0.4, 0.5) is 0 Å². The molecule has 62 valence electrons. The maximum absolute atomic E-state index is 5.39. The van der Waals surface area contributed by atoms with E-state index >= 15 is 0 Å². The normalized spacial score (nSPS) is 13.5. The molecule has 0 aliphatic heterocycles. The van der Waals surface area contributed by atoms with E-state index in [2.05, 4.69) is 25.1 Å². The van der Waals surface area contributed by atoms with Crippen LogP contribution in [0.1, 0.15) is 26.7 Å². The van der Waals surface area contributed by atoms with Crippen LogP contribution >= 0.6 is 11.2 Å². The van der Waals surface area contributed by atoms with Crippen LogP contribution in [0.5, 0.6) is 0 Å². The molecular formula is C7H18OSSi. The van der Waals surface area contributed by atoms with Gasteiger partial charge in [0.15, 0.2) is 0 Å². The Morgan fingerprint density at radius 3 is 2.40 bits per heavy atom. The lowest BCUT2D eigenvalue weighted by atomic mass is 10.6. The number of hydrogen-bond acceptors (Lipinski definition) is 2. The summed E-state index contributed by atoms with van der Waals surface area (Å²) in [6, 6.07) is 1.32. The Hall–Kier alpha value is 0.527. The first-order valence-electron chi connectivity index (χ1n) is 3.99. The highest BCUT2D eigenvalue weighted by Crippen LogP contribution is 2.13. The molecule has 0 bridgehead atoms. The molecule has 0 saturated heterocycles. The molecule has 0 aliphatic carbocycles. The lowest BCUT2D eigenvalue weighted by Crippen LogP contribution is -2.10. The van der Waals surface area contributed by atoms with Crippen molar-refractivity contribution in [1.82, 2.24) is 0 Å². The lowest BCUT2D eigenvalue weighted by molar-refractivity contribution is 0.434. The SMILES string of the molecule is CCCS[SiH](CCC)OC. The molecule has 0 rings (SSSR count). The van der Waals surface area contributed by atoms with Crippen LogP contribution in [0.2, 0.25) is 6.04 Å². The maximum atomic E-state index is 5.39. The van der Waals surface area contributed by atoms with Crippen molar-refractivity contribution >= 4 is 19.4 Å². The lowest BCUT2D eigenvalue weighted by Gasteiger charge is -2.09. The average Bonchev–Trinajstić information content (AvgIpc) is 1.98. The molecule has 0 spiro atoms. The predicted octanol–water partition coefficient (Wildman–Crippen LogP) is 2.41. The Morgan fingerprint density at radius 2 is 2.00 bits per heavy atom. The van der Waals surface area contributed by atoms with Crippen molar-refractivity contribution in [3.63, 3.8) is 0 Å². The highest BCUT2D eigenvalue weighted by Gasteiger charge is 2.07. The van der Waals surface area contributed by atoms with Crippen molar-refractivity contribution in [3.05, 3.63) is 0 Å². The van der Waals surface area contributed by atoms with Crippen molar-refractivity contribution in [2.75, 3.05) is 12.9 Å². The molecule has 0 fully saturated rings. The second-order valence-corrected chi connectivity index (χ2v) is 7.55. The third-order valence-electron chi connectivity index (χ3n) is 1.30. The topological polar surface area (TPSA) is 9.23 Å². The van der Waals surface area contributed by atoms with Crippen LogP contribution in [0.15, 0.2) is 0 Å². The van der Waals surface area contributed by atoms with Gasteiger partial charge in [-0.25, -0.2) is 0 Å². The minimum absolute atomic E-state index is 0.814. The summed E-state index contributed by atoms with van der Waals surface area (Å²) < 4.78 is 5.39. The zero-order valence-corrected chi connectivity index (χ0v) is 9.19. The summed E-state index contributed by atoms with van der Waals surface area (Å²) in [4.78, 5) is 0. The van der Waals surface area contributed by atoms with Gasteiger partial charge < -0.3 is 4.43 Å². The summed E-state index contributed by atoms with van der Waals surface area (Å²) >= 11 is 2.06. The molecule has 0 saturated carbocycles. The molecule has 1 unspecified atom stereocenters. The summed E-state index contributed by atoms with van der Waals surface area (Å²) in [6.45, 7) is 4.45. The Morgan fingerprint density at radius 1 is 1.30 bits per heavy atom. The van der Waals surface area contributed by atoms with Crippen LogP contribution < -0.4 is 0 Å². The summed E-state index contributed by atoms with van der Waals surface area (Å²) in [7, 11) is 1.04. The van der Waals surface area contributed by atoms with E-state index in [9.17, 15) is 0 Å². The Kier molecular flexibility index (Phi) is 8.03. The zero-order chi connectivity index (χ0) is 7.82. The molecule has 0 aromatic carbocycles. The second kappa shape index (κ2) is 7.63. The molecule has 0 heterocycles. The second-order valence-electron chi connectivity index (χ2n) is 2.32. The van der Waals surface area contributed by atoms with Gasteiger partial charge >= 0.3 is 0 Å². The minimum atomic E-state index is -0.814. The van der Waals surface area contributed by atoms with E-state index in [0.717, 1.165) is 0 Å². The number of rotatable bonds is 6. The van der Waals surface area contributed by atoms with Crippen LogP contribution in [0, 0.1) is 0 Å². The molecule has 1 nitrogen and oxygen atoms in total. The van der Waals surface area contributed by atoms with Gasteiger partial charge in [-0.05, 0) is 18.2 Å². The van der Waals surface area contributed by atoms with Crippen molar-refractivity contribution < 1.29 is 4.43 Å². The fourth-order valence-electron chi connectivity index (χ4n) is 0.754. The van der Waals surface area contributed by atoms with Gasteiger partial charge in [-0.1, -0.05) is 20.3 Å². The van der Waals surface area contributed by atoms with E-state index in [1.807, 2.05) is 7.11 Å². The summed E-state index contributed by atoms with van der Waals surface area (Å²) in [5.41, 5.74) is 0. The monoisotopic (exact) mass is 178 g/mol. The van der Waals surface area contributed by atoms with Crippen molar-refractivity contribution in [2.24, 2.45) is 0 Å². The van der Waals surface area contributed by atoms with E-state index in [4.69, 9.17) is 4.43 Å². The molecule has 0 aromatic rings. The van der Waals surface area contributed by atoms with Gasteiger partial charge in [-0.3, -0.25) is 0 Å². The number of hydrogen-bond donors (Lipinski definition) is 0. The molecule has 0 amide bonds. The van der Waals surface area contributed by atoms with Crippen molar-refractivity contribution in [1.29, 1.82) is 0 Å². The first kappa shape index (κ1) is 10.5. The smallest absolute Gasteiger partial charge is 0.237 e. The molecule has 10 heavy (non-hydrogen) atoms. The molecule has 0 radical (unpaired) electrons. The summed E-state index contributed by atoms with van der Waals surface area (Å²) in [6.07, 6.45) is 2.56. The zero-order valence-electron chi connectivity index (χ0n) is 7.22. The fraction of sp³-hybridized carbons (Fsp3) is 1.00. The third kappa shape index (κ3) is 5.32. The summed E-state index contributed by atoms with van der Waals surface area (Å²) in [5.74, 6) is 1.28. The van der Waals surface area contributed by atoms with Gasteiger partial charge in [0.1, 0.15) is 0 Å². The predicted molar refractivity (Wildman–Crippen MR) is 52.0 cm³/mol. The van der Waals surface area contributed by atoms with Crippen LogP contribution in [-0.2, 0) is 4.43 Å². The molecule has 0 aliphatic rings. The Labute approximate surface area is 69.9 Å². The van der Waals surface area contributed by atoms with Crippen LogP contribution in [0.3, 0.4) is 0 Å². The highest BCUT2D eigenvalue weighted by molar-refractivity contribution is 8.24.